The summed E-state index contributed by atoms with van der Waals surface area (Å²) in [5.41, 5.74) is 1.94. The largest absolute Gasteiger partial charge is 0.338 e. The van der Waals surface area contributed by atoms with Crippen molar-refractivity contribution < 1.29 is 4.79 Å². The van der Waals surface area contributed by atoms with E-state index in [0.29, 0.717) is 11.5 Å². The maximum atomic E-state index is 12.5. The molecule has 1 atom stereocenters. The molecular formula is C20H19N3O. The second-order valence-corrected chi connectivity index (χ2v) is 6.37. The van der Waals surface area contributed by atoms with Gasteiger partial charge in [-0.05, 0) is 41.8 Å². The number of carbonyl (C=O) groups excluding carboxylic acids is 1. The zero-order chi connectivity index (χ0) is 16.4. The van der Waals surface area contributed by atoms with Gasteiger partial charge in [-0.1, -0.05) is 24.3 Å². The van der Waals surface area contributed by atoms with Crippen LogP contribution in [-0.2, 0) is 6.42 Å². The lowest BCUT2D eigenvalue weighted by Gasteiger charge is -2.16. The number of nitrogens with zero attached hydrogens (tertiary/aromatic N) is 3. The number of hydrogen-bond acceptors (Lipinski definition) is 3. The molecule has 1 aliphatic heterocycles. The Morgan fingerprint density at radius 2 is 2.00 bits per heavy atom. The first-order chi connectivity index (χ1) is 11.8. The molecule has 0 N–H and O–H groups in total. The SMILES string of the molecule is O=C(c1cccnc1)N1CC[C@@H](Cc2cncc3ccccc23)C1. The fourth-order valence-electron chi connectivity index (χ4n) is 3.51. The van der Waals surface area contributed by atoms with Crippen LogP contribution < -0.4 is 0 Å². The van der Waals surface area contributed by atoms with Crippen LogP contribution in [0.3, 0.4) is 0 Å². The van der Waals surface area contributed by atoms with Crippen LogP contribution >= 0.6 is 0 Å². The van der Waals surface area contributed by atoms with E-state index in [1.54, 1.807) is 12.4 Å². The average molecular weight is 317 g/mol. The van der Waals surface area contributed by atoms with Gasteiger partial charge in [0.15, 0.2) is 0 Å². The lowest BCUT2D eigenvalue weighted by molar-refractivity contribution is 0.0786. The highest BCUT2D eigenvalue weighted by Gasteiger charge is 2.27. The zero-order valence-electron chi connectivity index (χ0n) is 13.4. The molecule has 4 heteroatoms. The van der Waals surface area contributed by atoms with E-state index in [1.807, 2.05) is 35.5 Å². The van der Waals surface area contributed by atoms with Gasteiger partial charge in [0.1, 0.15) is 0 Å². The van der Waals surface area contributed by atoms with E-state index in [9.17, 15) is 4.79 Å². The Morgan fingerprint density at radius 1 is 1.08 bits per heavy atom. The Morgan fingerprint density at radius 3 is 2.88 bits per heavy atom. The highest BCUT2D eigenvalue weighted by atomic mass is 16.2. The lowest BCUT2D eigenvalue weighted by Crippen LogP contribution is -2.29. The van der Waals surface area contributed by atoms with E-state index in [0.717, 1.165) is 25.9 Å². The van der Waals surface area contributed by atoms with Crippen molar-refractivity contribution in [3.8, 4) is 0 Å². The van der Waals surface area contributed by atoms with Crippen molar-refractivity contribution in [3.05, 3.63) is 72.3 Å². The standard InChI is InChI=1S/C20H19N3O/c24-20(17-5-3-8-21-12-17)23-9-7-15(14-23)10-18-13-22-11-16-4-1-2-6-19(16)18/h1-6,8,11-13,15H,7,9-10,14H2/t15-/m0/s1. The summed E-state index contributed by atoms with van der Waals surface area (Å²) in [5, 5.41) is 2.45. The minimum absolute atomic E-state index is 0.0849. The summed E-state index contributed by atoms with van der Waals surface area (Å²) in [7, 11) is 0. The molecule has 0 unspecified atom stereocenters. The summed E-state index contributed by atoms with van der Waals surface area (Å²) in [4.78, 5) is 22.9. The second-order valence-electron chi connectivity index (χ2n) is 6.37. The van der Waals surface area contributed by atoms with Crippen LogP contribution in [0, 0.1) is 5.92 Å². The van der Waals surface area contributed by atoms with E-state index >= 15 is 0 Å². The van der Waals surface area contributed by atoms with Gasteiger partial charge in [0.25, 0.3) is 5.91 Å². The highest BCUT2D eigenvalue weighted by molar-refractivity contribution is 5.94. The number of fused-ring (bicyclic) bond motifs is 1. The van der Waals surface area contributed by atoms with E-state index in [-0.39, 0.29) is 5.91 Å². The van der Waals surface area contributed by atoms with E-state index in [4.69, 9.17) is 0 Å². The summed E-state index contributed by atoms with van der Waals surface area (Å²) >= 11 is 0. The van der Waals surface area contributed by atoms with Crippen molar-refractivity contribution >= 4 is 16.7 Å². The quantitative estimate of drug-likeness (QED) is 0.744. The summed E-state index contributed by atoms with van der Waals surface area (Å²) in [6, 6.07) is 12.0. The lowest BCUT2D eigenvalue weighted by atomic mass is 9.96. The predicted molar refractivity (Wildman–Crippen MR) is 93.7 cm³/mol. The van der Waals surface area contributed by atoms with Crippen LogP contribution in [-0.4, -0.2) is 33.9 Å². The predicted octanol–water partition coefficient (Wildman–Crippen LogP) is 3.33. The van der Waals surface area contributed by atoms with Crippen molar-refractivity contribution in [2.45, 2.75) is 12.8 Å². The first-order valence-corrected chi connectivity index (χ1v) is 8.32. The third kappa shape index (κ3) is 2.87. The normalized spacial score (nSPS) is 17.3. The van der Waals surface area contributed by atoms with Gasteiger partial charge in [-0.2, -0.15) is 0 Å². The van der Waals surface area contributed by atoms with Crippen molar-refractivity contribution in [2.24, 2.45) is 5.92 Å². The Hall–Kier alpha value is -2.75. The van der Waals surface area contributed by atoms with Crippen LogP contribution in [0.25, 0.3) is 10.8 Å². The van der Waals surface area contributed by atoms with Gasteiger partial charge in [-0.25, -0.2) is 0 Å². The van der Waals surface area contributed by atoms with Crippen LogP contribution in [0.4, 0.5) is 0 Å². The Kier molecular flexibility index (Phi) is 3.95. The minimum atomic E-state index is 0.0849. The fraction of sp³-hybridized carbons (Fsp3) is 0.250. The van der Waals surface area contributed by atoms with Gasteiger partial charge < -0.3 is 4.90 Å². The molecule has 1 aromatic carbocycles. The van der Waals surface area contributed by atoms with Crippen LogP contribution in [0.1, 0.15) is 22.3 Å². The van der Waals surface area contributed by atoms with Crippen molar-refractivity contribution in [1.82, 2.24) is 14.9 Å². The summed E-state index contributed by atoms with van der Waals surface area (Å²) < 4.78 is 0. The first kappa shape index (κ1) is 14.8. The molecule has 0 bridgehead atoms. The minimum Gasteiger partial charge on any atom is -0.338 e. The molecular weight excluding hydrogens is 298 g/mol. The first-order valence-electron chi connectivity index (χ1n) is 8.32. The zero-order valence-corrected chi connectivity index (χ0v) is 13.4. The maximum absolute atomic E-state index is 12.5. The van der Waals surface area contributed by atoms with Gasteiger partial charge >= 0.3 is 0 Å². The second kappa shape index (κ2) is 6.40. The molecule has 0 spiro atoms. The number of benzene rings is 1. The third-order valence-corrected chi connectivity index (χ3v) is 4.74. The smallest absolute Gasteiger partial charge is 0.255 e. The van der Waals surface area contributed by atoms with Crippen LogP contribution in [0.2, 0.25) is 0 Å². The number of likely N-dealkylation sites (tertiary alicyclic amines) is 1. The van der Waals surface area contributed by atoms with Gasteiger partial charge in [0, 0.05) is 43.3 Å². The Labute approximate surface area is 141 Å². The van der Waals surface area contributed by atoms with Gasteiger partial charge in [0.2, 0.25) is 0 Å². The topological polar surface area (TPSA) is 46.1 Å². The van der Waals surface area contributed by atoms with Crippen LogP contribution in [0.5, 0.6) is 0 Å². The molecule has 1 aliphatic rings. The van der Waals surface area contributed by atoms with E-state index in [1.165, 1.54) is 16.3 Å². The molecule has 3 heterocycles. The number of aromatic nitrogens is 2. The molecule has 1 saturated heterocycles. The molecule has 1 amide bonds. The number of pyridine rings is 2. The average Bonchev–Trinajstić information content (AvgIpc) is 3.11. The molecule has 2 aromatic heterocycles. The molecule has 0 radical (unpaired) electrons. The summed E-state index contributed by atoms with van der Waals surface area (Å²) in [6.45, 7) is 1.62. The van der Waals surface area contributed by atoms with Crippen molar-refractivity contribution in [2.75, 3.05) is 13.1 Å². The summed E-state index contributed by atoms with van der Waals surface area (Å²) in [5.74, 6) is 0.569. The molecule has 0 saturated carbocycles. The fourth-order valence-corrected chi connectivity index (χ4v) is 3.51. The molecule has 4 nitrogen and oxygen atoms in total. The summed E-state index contributed by atoms with van der Waals surface area (Å²) in [6.07, 6.45) is 9.21. The monoisotopic (exact) mass is 317 g/mol. The molecule has 0 aliphatic carbocycles. The Bertz CT molecular complexity index is 858. The van der Waals surface area contributed by atoms with E-state index in [2.05, 4.69) is 28.2 Å². The third-order valence-electron chi connectivity index (χ3n) is 4.74. The van der Waals surface area contributed by atoms with Gasteiger partial charge in [-0.3, -0.25) is 14.8 Å². The highest BCUT2D eigenvalue weighted by Crippen LogP contribution is 2.25. The van der Waals surface area contributed by atoms with Gasteiger partial charge in [-0.15, -0.1) is 0 Å². The van der Waals surface area contributed by atoms with Crippen LogP contribution in [0.15, 0.2) is 61.2 Å². The maximum Gasteiger partial charge on any atom is 0.255 e. The van der Waals surface area contributed by atoms with Gasteiger partial charge in [0.05, 0.1) is 5.56 Å². The molecule has 120 valence electrons. The number of rotatable bonds is 3. The van der Waals surface area contributed by atoms with E-state index < -0.39 is 0 Å². The Balaban J connectivity index is 1.48. The molecule has 24 heavy (non-hydrogen) atoms. The van der Waals surface area contributed by atoms with Crippen molar-refractivity contribution in [3.63, 3.8) is 0 Å². The van der Waals surface area contributed by atoms with Crippen molar-refractivity contribution in [1.29, 1.82) is 0 Å². The molecule has 4 rings (SSSR count). The number of amides is 1. The number of carbonyl (C=O) groups is 1. The molecule has 1 fully saturated rings. The molecule has 3 aromatic rings. The number of hydrogen-bond donors (Lipinski definition) is 0.